The van der Waals surface area contributed by atoms with Gasteiger partial charge in [0.25, 0.3) is 5.56 Å². The molecule has 9 heteroatoms. The Morgan fingerprint density at radius 1 is 0.939 bits per heavy atom. The fourth-order valence-electron chi connectivity index (χ4n) is 3.44. The highest BCUT2D eigenvalue weighted by Gasteiger charge is 2.40. The van der Waals surface area contributed by atoms with Crippen molar-refractivity contribution in [1.29, 1.82) is 0 Å². The Balaban J connectivity index is 1.77. The minimum Gasteiger partial charge on any atom is -0.268 e. The highest BCUT2D eigenvalue weighted by molar-refractivity contribution is 7.12. The van der Waals surface area contributed by atoms with E-state index in [0.29, 0.717) is 16.3 Å². The number of hydrogen-bond acceptors (Lipinski definition) is 4. The van der Waals surface area contributed by atoms with Crippen LogP contribution in [-0.2, 0) is 5.92 Å². The Hall–Kier alpha value is -3.49. The van der Waals surface area contributed by atoms with Crippen molar-refractivity contribution in [3.63, 3.8) is 0 Å². The smallest absolute Gasteiger partial charge is 0.268 e. The van der Waals surface area contributed by atoms with Crippen LogP contribution in [-0.4, -0.2) is 14.5 Å². The minimum atomic E-state index is -3.65. The molecule has 4 nitrogen and oxygen atoms in total. The topological polar surface area (TPSA) is 47.8 Å². The van der Waals surface area contributed by atoms with E-state index in [-0.39, 0.29) is 21.6 Å². The fraction of sp³-hybridized carbons (Fsp3) is 0.0417. The molecular formula is C24H13ClF3N3OS. The van der Waals surface area contributed by atoms with Crippen molar-refractivity contribution in [2.24, 2.45) is 0 Å². The maximum Gasteiger partial charge on any atom is 0.330 e. The molecular weight excluding hydrogens is 471 g/mol. The predicted molar refractivity (Wildman–Crippen MR) is 123 cm³/mol. The molecule has 0 aliphatic rings. The summed E-state index contributed by atoms with van der Waals surface area (Å²) in [7, 11) is 0. The molecule has 5 rings (SSSR count). The molecule has 2 heterocycles. The van der Waals surface area contributed by atoms with Crippen molar-refractivity contribution in [3.05, 3.63) is 111 Å². The molecule has 0 fully saturated rings. The molecule has 0 saturated carbocycles. The van der Waals surface area contributed by atoms with Crippen molar-refractivity contribution in [1.82, 2.24) is 14.5 Å². The van der Waals surface area contributed by atoms with Crippen LogP contribution in [0.15, 0.2) is 83.0 Å². The maximum absolute atomic E-state index is 15.7. The van der Waals surface area contributed by atoms with Crippen LogP contribution in [0, 0.1) is 5.82 Å². The van der Waals surface area contributed by atoms with Gasteiger partial charge in [-0.25, -0.2) is 18.9 Å². The second-order valence-electron chi connectivity index (χ2n) is 7.20. The van der Waals surface area contributed by atoms with E-state index >= 15 is 8.78 Å². The molecule has 2 aromatic heterocycles. The molecule has 0 atom stereocenters. The first-order valence-electron chi connectivity index (χ1n) is 9.72. The lowest BCUT2D eigenvalue weighted by Crippen LogP contribution is -2.31. The van der Waals surface area contributed by atoms with E-state index in [2.05, 4.69) is 9.97 Å². The summed E-state index contributed by atoms with van der Waals surface area (Å²) in [6.45, 7) is 0. The van der Waals surface area contributed by atoms with Gasteiger partial charge in [0, 0.05) is 27.6 Å². The number of alkyl halides is 2. The molecule has 0 unspecified atom stereocenters. The van der Waals surface area contributed by atoms with Crippen LogP contribution in [0.25, 0.3) is 27.3 Å². The van der Waals surface area contributed by atoms with Gasteiger partial charge in [-0.1, -0.05) is 54.1 Å². The van der Waals surface area contributed by atoms with Crippen LogP contribution in [0.4, 0.5) is 13.2 Å². The van der Waals surface area contributed by atoms with Gasteiger partial charge < -0.3 is 0 Å². The summed E-state index contributed by atoms with van der Waals surface area (Å²) in [6.07, 6.45) is 0. The molecule has 0 aliphatic carbocycles. The van der Waals surface area contributed by atoms with Crippen molar-refractivity contribution in [3.8, 4) is 16.4 Å². The number of benzene rings is 3. The van der Waals surface area contributed by atoms with E-state index in [1.54, 1.807) is 35.7 Å². The SMILES string of the molecule is O=c1c2ccc(F)cc2nc(C(F)(F)c2ccccc2)n1-c1nc(-c2ccc(Cl)cc2)cs1. The first-order chi connectivity index (χ1) is 15.8. The van der Waals surface area contributed by atoms with Gasteiger partial charge >= 0.3 is 5.92 Å². The summed E-state index contributed by atoms with van der Waals surface area (Å²) in [6, 6.07) is 17.2. The van der Waals surface area contributed by atoms with Gasteiger partial charge in [0.1, 0.15) is 5.82 Å². The van der Waals surface area contributed by atoms with Gasteiger partial charge in [-0.05, 0) is 24.3 Å². The number of fused-ring (bicyclic) bond motifs is 1. The zero-order valence-corrected chi connectivity index (χ0v) is 18.2. The average molecular weight is 484 g/mol. The van der Waals surface area contributed by atoms with Gasteiger partial charge in [0.2, 0.25) is 0 Å². The monoisotopic (exact) mass is 483 g/mol. The summed E-state index contributed by atoms with van der Waals surface area (Å²) >= 11 is 6.96. The Morgan fingerprint density at radius 2 is 1.67 bits per heavy atom. The summed E-state index contributed by atoms with van der Waals surface area (Å²) < 4.78 is 45.9. The fourth-order valence-corrected chi connectivity index (χ4v) is 4.40. The second-order valence-corrected chi connectivity index (χ2v) is 8.47. The zero-order chi connectivity index (χ0) is 23.2. The third-order valence-corrected chi connectivity index (χ3v) is 6.15. The van der Waals surface area contributed by atoms with Gasteiger partial charge in [0.15, 0.2) is 11.0 Å². The van der Waals surface area contributed by atoms with Crippen molar-refractivity contribution >= 4 is 33.8 Å². The Bertz CT molecular complexity index is 1530. The number of halogens is 4. The highest BCUT2D eigenvalue weighted by atomic mass is 35.5. The average Bonchev–Trinajstić information content (AvgIpc) is 3.29. The predicted octanol–water partition coefficient (Wildman–Crippen LogP) is 6.44. The van der Waals surface area contributed by atoms with Crippen LogP contribution in [0.5, 0.6) is 0 Å². The summed E-state index contributed by atoms with van der Waals surface area (Å²) in [5, 5.41) is 2.23. The lowest BCUT2D eigenvalue weighted by molar-refractivity contribution is 0.0303. The molecule has 0 aliphatic heterocycles. The number of thiazole rings is 1. The lowest BCUT2D eigenvalue weighted by atomic mass is 10.1. The van der Waals surface area contributed by atoms with Crippen LogP contribution in [0.3, 0.4) is 0 Å². The summed E-state index contributed by atoms with van der Waals surface area (Å²) in [4.78, 5) is 21.8. The van der Waals surface area contributed by atoms with E-state index in [9.17, 15) is 9.18 Å². The Labute approximate surface area is 194 Å². The Kier molecular flexibility index (Phi) is 5.26. The van der Waals surface area contributed by atoms with Crippen LogP contribution < -0.4 is 5.56 Å². The van der Waals surface area contributed by atoms with Gasteiger partial charge in [-0.2, -0.15) is 8.78 Å². The van der Waals surface area contributed by atoms with E-state index in [1.165, 1.54) is 30.3 Å². The minimum absolute atomic E-state index is 0.00672. The molecule has 0 radical (unpaired) electrons. The van der Waals surface area contributed by atoms with E-state index in [0.717, 1.165) is 28.0 Å². The Morgan fingerprint density at radius 3 is 2.39 bits per heavy atom. The largest absolute Gasteiger partial charge is 0.330 e. The van der Waals surface area contributed by atoms with E-state index < -0.39 is 23.1 Å². The standard InChI is InChI=1S/C24H13ClF3N3OS/c25-16-8-6-14(7-9-16)20-13-33-23(30-20)31-21(32)18-11-10-17(26)12-19(18)29-22(31)24(27,28)15-4-2-1-3-5-15/h1-13H. The summed E-state index contributed by atoms with van der Waals surface area (Å²) in [5.41, 5.74) is -0.0660. The molecule has 3 aromatic carbocycles. The quantitative estimate of drug-likeness (QED) is 0.295. The number of rotatable bonds is 4. The van der Waals surface area contributed by atoms with Crippen LogP contribution >= 0.6 is 22.9 Å². The van der Waals surface area contributed by atoms with E-state index in [1.807, 2.05) is 0 Å². The van der Waals surface area contributed by atoms with E-state index in [4.69, 9.17) is 11.6 Å². The lowest BCUT2D eigenvalue weighted by Gasteiger charge is -2.20. The van der Waals surface area contributed by atoms with Crippen LogP contribution in [0.1, 0.15) is 11.4 Å². The zero-order valence-electron chi connectivity index (χ0n) is 16.7. The number of hydrogen-bond donors (Lipinski definition) is 0. The molecule has 0 amide bonds. The molecule has 0 bridgehead atoms. The third-order valence-electron chi connectivity index (χ3n) is 5.07. The molecule has 0 N–H and O–H groups in total. The summed E-state index contributed by atoms with van der Waals surface area (Å²) in [5.74, 6) is -5.17. The highest BCUT2D eigenvalue weighted by Crippen LogP contribution is 2.36. The maximum atomic E-state index is 15.7. The first-order valence-corrected chi connectivity index (χ1v) is 11.0. The van der Waals surface area contributed by atoms with Gasteiger partial charge in [-0.3, -0.25) is 4.79 Å². The third kappa shape index (κ3) is 3.81. The first kappa shape index (κ1) is 21.4. The molecule has 0 spiro atoms. The molecule has 33 heavy (non-hydrogen) atoms. The van der Waals surface area contributed by atoms with Gasteiger partial charge in [0.05, 0.1) is 16.6 Å². The molecule has 5 aromatic rings. The van der Waals surface area contributed by atoms with Gasteiger partial charge in [-0.15, -0.1) is 11.3 Å². The molecule has 164 valence electrons. The van der Waals surface area contributed by atoms with Crippen molar-refractivity contribution < 1.29 is 13.2 Å². The number of aromatic nitrogens is 3. The normalized spacial score (nSPS) is 11.8. The van der Waals surface area contributed by atoms with Crippen molar-refractivity contribution in [2.75, 3.05) is 0 Å². The van der Waals surface area contributed by atoms with Crippen LogP contribution in [0.2, 0.25) is 5.02 Å². The second kappa shape index (κ2) is 8.13. The number of nitrogens with zero attached hydrogens (tertiary/aromatic N) is 3. The van der Waals surface area contributed by atoms with Crippen molar-refractivity contribution in [2.45, 2.75) is 5.92 Å². The molecule has 0 saturated heterocycles.